The Morgan fingerprint density at radius 3 is 3.00 bits per heavy atom. The molecule has 0 aliphatic carbocycles. The maximum absolute atomic E-state index is 10.4. The highest BCUT2D eigenvalue weighted by Crippen LogP contribution is 2.17. The Morgan fingerprint density at radius 2 is 2.28 bits per heavy atom. The van der Waals surface area contributed by atoms with E-state index in [2.05, 4.69) is 9.88 Å². The van der Waals surface area contributed by atoms with Crippen molar-refractivity contribution in [2.75, 3.05) is 29.5 Å². The Bertz CT molecular complexity index is 423. The van der Waals surface area contributed by atoms with Gasteiger partial charge in [0.2, 0.25) is 0 Å². The number of anilines is 1. The maximum Gasteiger partial charge on any atom is 0.328 e. The normalized spacial score (nSPS) is 16.8. The van der Waals surface area contributed by atoms with E-state index in [4.69, 9.17) is 5.11 Å². The van der Waals surface area contributed by atoms with Gasteiger partial charge in [-0.05, 0) is 35.9 Å². The van der Waals surface area contributed by atoms with E-state index in [0.717, 1.165) is 36.3 Å². The average molecular weight is 264 g/mol. The highest BCUT2D eigenvalue weighted by molar-refractivity contribution is 7.99. The molecule has 1 aromatic heterocycles. The van der Waals surface area contributed by atoms with Crippen LogP contribution in [-0.4, -0.2) is 40.7 Å². The van der Waals surface area contributed by atoms with Crippen LogP contribution in [0.2, 0.25) is 0 Å². The first-order valence-electron chi connectivity index (χ1n) is 5.95. The molecule has 0 saturated carbocycles. The Hall–Kier alpha value is -1.49. The average Bonchev–Trinajstić information content (AvgIpc) is 2.66. The van der Waals surface area contributed by atoms with E-state index in [1.165, 1.54) is 12.2 Å². The number of hydrogen-bond donors (Lipinski definition) is 1. The van der Waals surface area contributed by atoms with E-state index in [0.29, 0.717) is 0 Å². The fourth-order valence-electron chi connectivity index (χ4n) is 1.83. The van der Waals surface area contributed by atoms with E-state index >= 15 is 0 Å². The summed E-state index contributed by atoms with van der Waals surface area (Å²) in [5, 5.41) is 8.55. The lowest BCUT2D eigenvalue weighted by atomic mass is 10.2. The zero-order chi connectivity index (χ0) is 12.8. The molecule has 0 aromatic carbocycles. The molecule has 0 radical (unpaired) electrons. The quantitative estimate of drug-likeness (QED) is 0.848. The molecule has 2 heterocycles. The van der Waals surface area contributed by atoms with Gasteiger partial charge in [-0.25, -0.2) is 9.78 Å². The lowest BCUT2D eigenvalue weighted by Crippen LogP contribution is -2.26. The molecule has 2 rings (SSSR count). The Labute approximate surface area is 111 Å². The summed E-state index contributed by atoms with van der Waals surface area (Å²) in [6.07, 6.45) is 5.58. The Balaban J connectivity index is 2.04. The summed E-state index contributed by atoms with van der Waals surface area (Å²) in [6.45, 7) is 2.08. The van der Waals surface area contributed by atoms with Crippen LogP contribution in [0.4, 0.5) is 5.82 Å². The molecular formula is C13H16N2O2S. The minimum absolute atomic E-state index is 0.811. The lowest BCUT2D eigenvalue weighted by molar-refractivity contribution is -0.131. The van der Waals surface area contributed by atoms with Crippen molar-refractivity contribution < 1.29 is 9.90 Å². The lowest BCUT2D eigenvalue weighted by Gasteiger charge is -2.20. The molecule has 1 fully saturated rings. The number of hydrogen-bond acceptors (Lipinski definition) is 4. The van der Waals surface area contributed by atoms with E-state index < -0.39 is 5.97 Å². The van der Waals surface area contributed by atoms with Crippen molar-refractivity contribution in [1.82, 2.24) is 4.98 Å². The van der Waals surface area contributed by atoms with Crippen LogP contribution in [0.1, 0.15) is 12.0 Å². The van der Waals surface area contributed by atoms with Crippen molar-refractivity contribution in [2.45, 2.75) is 6.42 Å². The van der Waals surface area contributed by atoms with Gasteiger partial charge in [0.15, 0.2) is 0 Å². The van der Waals surface area contributed by atoms with Gasteiger partial charge in [-0.3, -0.25) is 0 Å². The monoisotopic (exact) mass is 264 g/mol. The first kappa shape index (κ1) is 13.0. The smallest absolute Gasteiger partial charge is 0.328 e. The number of carboxylic acids is 1. The third kappa shape index (κ3) is 3.77. The van der Waals surface area contributed by atoms with Gasteiger partial charge in [-0.15, -0.1) is 0 Å². The van der Waals surface area contributed by atoms with Gasteiger partial charge in [0.05, 0.1) is 0 Å². The van der Waals surface area contributed by atoms with Crippen LogP contribution in [0.5, 0.6) is 0 Å². The summed E-state index contributed by atoms with van der Waals surface area (Å²) in [5.41, 5.74) is 0.811. The van der Waals surface area contributed by atoms with Crippen LogP contribution in [0, 0.1) is 0 Å². The van der Waals surface area contributed by atoms with Crippen molar-refractivity contribution in [3.05, 3.63) is 30.0 Å². The third-order valence-corrected chi connectivity index (χ3v) is 3.78. The molecule has 1 saturated heterocycles. The predicted octanol–water partition coefficient (Wildman–Crippen LogP) is 2.12. The highest BCUT2D eigenvalue weighted by atomic mass is 32.2. The molecule has 1 aliphatic heterocycles. The van der Waals surface area contributed by atoms with Gasteiger partial charge in [-0.2, -0.15) is 11.8 Å². The van der Waals surface area contributed by atoms with Gasteiger partial charge >= 0.3 is 5.97 Å². The standard InChI is InChI=1S/C13H16N2O2S/c16-13(17)5-3-11-2-4-12(14-10-11)15-6-1-8-18-9-7-15/h2-5,10H,1,6-9H2,(H,16,17)/b5-3+. The van der Waals surface area contributed by atoms with Crippen LogP contribution in [-0.2, 0) is 4.79 Å². The van der Waals surface area contributed by atoms with Crippen LogP contribution >= 0.6 is 11.8 Å². The molecule has 0 amide bonds. The molecule has 5 heteroatoms. The van der Waals surface area contributed by atoms with Crippen LogP contribution in [0.15, 0.2) is 24.4 Å². The van der Waals surface area contributed by atoms with E-state index in [9.17, 15) is 4.79 Å². The molecular weight excluding hydrogens is 248 g/mol. The fourth-order valence-corrected chi connectivity index (χ4v) is 2.71. The zero-order valence-electron chi connectivity index (χ0n) is 10.1. The largest absolute Gasteiger partial charge is 0.478 e. The second kappa shape index (κ2) is 6.44. The number of pyridine rings is 1. The van der Waals surface area contributed by atoms with Gasteiger partial charge < -0.3 is 10.0 Å². The van der Waals surface area contributed by atoms with Gasteiger partial charge in [0, 0.05) is 31.1 Å². The summed E-state index contributed by atoms with van der Waals surface area (Å²) in [4.78, 5) is 17.1. The molecule has 0 bridgehead atoms. The minimum Gasteiger partial charge on any atom is -0.478 e. The Morgan fingerprint density at radius 1 is 1.39 bits per heavy atom. The third-order valence-electron chi connectivity index (χ3n) is 2.74. The molecule has 18 heavy (non-hydrogen) atoms. The molecule has 0 spiro atoms. The number of nitrogens with zero attached hydrogens (tertiary/aromatic N) is 2. The first-order valence-corrected chi connectivity index (χ1v) is 7.11. The summed E-state index contributed by atoms with van der Waals surface area (Å²) in [7, 11) is 0. The minimum atomic E-state index is -0.941. The number of rotatable bonds is 3. The van der Waals surface area contributed by atoms with Crippen molar-refractivity contribution in [2.24, 2.45) is 0 Å². The summed E-state index contributed by atoms with van der Waals surface area (Å²) >= 11 is 1.98. The molecule has 0 unspecified atom stereocenters. The molecule has 1 N–H and O–H groups in total. The SMILES string of the molecule is O=C(O)/C=C/c1ccc(N2CCCSCC2)nc1. The van der Waals surface area contributed by atoms with E-state index in [1.807, 2.05) is 23.9 Å². The van der Waals surface area contributed by atoms with E-state index in [-0.39, 0.29) is 0 Å². The van der Waals surface area contributed by atoms with Crippen LogP contribution in [0.25, 0.3) is 6.08 Å². The number of carboxylic acid groups (broad SMARTS) is 1. The number of aromatic nitrogens is 1. The van der Waals surface area contributed by atoms with Crippen LogP contribution in [0.3, 0.4) is 0 Å². The van der Waals surface area contributed by atoms with E-state index in [1.54, 1.807) is 12.3 Å². The number of aliphatic carboxylic acids is 1. The van der Waals surface area contributed by atoms with Crippen molar-refractivity contribution in [3.63, 3.8) is 0 Å². The molecule has 96 valence electrons. The predicted molar refractivity (Wildman–Crippen MR) is 75.1 cm³/mol. The fraction of sp³-hybridized carbons (Fsp3) is 0.385. The summed E-state index contributed by atoms with van der Waals surface area (Å²) in [5.74, 6) is 2.40. The topological polar surface area (TPSA) is 53.4 Å². The molecule has 0 atom stereocenters. The molecule has 1 aromatic rings. The van der Waals surface area contributed by atoms with Crippen LogP contribution < -0.4 is 4.90 Å². The second-order valence-corrected chi connectivity index (χ2v) is 5.30. The highest BCUT2D eigenvalue weighted by Gasteiger charge is 2.10. The summed E-state index contributed by atoms with van der Waals surface area (Å²) in [6, 6.07) is 3.86. The van der Waals surface area contributed by atoms with Crippen molar-refractivity contribution >= 4 is 29.6 Å². The van der Waals surface area contributed by atoms with Crippen molar-refractivity contribution in [3.8, 4) is 0 Å². The molecule has 1 aliphatic rings. The number of thioether (sulfide) groups is 1. The van der Waals surface area contributed by atoms with Gasteiger partial charge in [0.25, 0.3) is 0 Å². The first-order chi connectivity index (χ1) is 8.75. The maximum atomic E-state index is 10.4. The van der Waals surface area contributed by atoms with Gasteiger partial charge in [-0.1, -0.05) is 0 Å². The second-order valence-electron chi connectivity index (χ2n) is 4.07. The number of carbonyl (C=O) groups is 1. The zero-order valence-corrected chi connectivity index (χ0v) is 10.9. The molecule has 4 nitrogen and oxygen atoms in total. The Kier molecular flexibility index (Phi) is 4.64. The summed E-state index contributed by atoms with van der Waals surface area (Å²) < 4.78 is 0. The van der Waals surface area contributed by atoms with Crippen molar-refractivity contribution in [1.29, 1.82) is 0 Å². The van der Waals surface area contributed by atoms with Gasteiger partial charge in [0.1, 0.15) is 5.82 Å².